The number of esters is 1. The van der Waals surface area contributed by atoms with Crippen molar-refractivity contribution in [2.45, 2.75) is 58.3 Å². The van der Waals surface area contributed by atoms with Crippen LogP contribution in [0.4, 0.5) is 0 Å². The van der Waals surface area contributed by atoms with Crippen LogP contribution in [-0.4, -0.2) is 35.4 Å². The van der Waals surface area contributed by atoms with E-state index < -0.39 is 17.9 Å². The predicted molar refractivity (Wildman–Crippen MR) is 71.8 cm³/mol. The Morgan fingerprint density at radius 3 is 2.26 bits per heavy atom. The maximum Gasteiger partial charge on any atom is 0.306 e. The normalized spacial score (nSPS) is 12.1. The van der Waals surface area contributed by atoms with Crippen LogP contribution in [0, 0.1) is 5.92 Å². The Bertz CT molecular complexity index is 252. The topological polar surface area (TPSA) is 83.8 Å². The molecule has 0 bridgehead atoms. The third-order valence-electron chi connectivity index (χ3n) is 2.94. The Morgan fingerprint density at radius 1 is 1.05 bits per heavy atom. The van der Waals surface area contributed by atoms with E-state index in [1.165, 1.54) is 19.3 Å². The van der Waals surface area contributed by atoms with Gasteiger partial charge in [-0.3, -0.25) is 9.59 Å². The summed E-state index contributed by atoms with van der Waals surface area (Å²) in [7, 11) is 0. The molecular formula is C14H26O5. The number of carboxylic acid groups (broad SMARTS) is 1. The number of aliphatic hydroxyl groups is 1. The van der Waals surface area contributed by atoms with Gasteiger partial charge in [-0.05, 0) is 6.42 Å². The van der Waals surface area contributed by atoms with Crippen molar-refractivity contribution >= 4 is 11.9 Å². The van der Waals surface area contributed by atoms with Gasteiger partial charge in [-0.2, -0.15) is 0 Å². The molecule has 0 fully saturated rings. The van der Waals surface area contributed by atoms with E-state index in [2.05, 4.69) is 6.92 Å². The Kier molecular flexibility index (Phi) is 11.3. The number of carbonyl (C=O) groups is 2. The van der Waals surface area contributed by atoms with Gasteiger partial charge in [-0.25, -0.2) is 0 Å². The summed E-state index contributed by atoms with van der Waals surface area (Å²) >= 11 is 0. The zero-order chi connectivity index (χ0) is 14.5. The maximum atomic E-state index is 11.4. The zero-order valence-electron chi connectivity index (χ0n) is 11.8. The van der Waals surface area contributed by atoms with Crippen molar-refractivity contribution < 1.29 is 24.5 Å². The van der Waals surface area contributed by atoms with Gasteiger partial charge in [-0.1, -0.05) is 39.0 Å². The second kappa shape index (κ2) is 12.0. The van der Waals surface area contributed by atoms with Gasteiger partial charge in [0.1, 0.15) is 0 Å². The van der Waals surface area contributed by atoms with E-state index in [-0.39, 0.29) is 19.4 Å². The minimum Gasteiger partial charge on any atom is -0.481 e. The van der Waals surface area contributed by atoms with Crippen LogP contribution < -0.4 is 0 Å². The van der Waals surface area contributed by atoms with Gasteiger partial charge in [-0.15, -0.1) is 0 Å². The Labute approximate surface area is 115 Å². The molecule has 0 amide bonds. The second-order valence-corrected chi connectivity index (χ2v) is 4.84. The number of hydrogen-bond acceptors (Lipinski definition) is 4. The molecule has 0 radical (unpaired) electrons. The molecule has 112 valence electrons. The van der Waals surface area contributed by atoms with Crippen LogP contribution in [0.1, 0.15) is 58.3 Å². The van der Waals surface area contributed by atoms with Crippen LogP contribution in [0.25, 0.3) is 0 Å². The summed E-state index contributed by atoms with van der Waals surface area (Å²) in [6, 6.07) is 0. The van der Waals surface area contributed by atoms with Crippen LogP contribution >= 0.6 is 0 Å². The van der Waals surface area contributed by atoms with E-state index in [1.54, 1.807) is 0 Å². The minimum atomic E-state index is -1.01. The highest BCUT2D eigenvalue weighted by Crippen LogP contribution is 2.10. The molecule has 0 heterocycles. The smallest absolute Gasteiger partial charge is 0.306 e. The highest BCUT2D eigenvalue weighted by atomic mass is 16.5. The molecule has 0 rings (SSSR count). The molecule has 5 heteroatoms. The van der Waals surface area contributed by atoms with Crippen LogP contribution in [0.3, 0.4) is 0 Å². The number of aliphatic carboxylic acids is 1. The summed E-state index contributed by atoms with van der Waals surface area (Å²) < 4.78 is 5.02. The van der Waals surface area contributed by atoms with E-state index in [1.807, 2.05) is 0 Å². The van der Waals surface area contributed by atoms with Crippen LogP contribution in [0.2, 0.25) is 0 Å². The fourth-order valence-corrected chi connectivity index (χ4v) is 1.81. The molecule has 0 aromatic heterocycles. The van der Waals surface area contributed by atoms with E-state index in [0.29, 0.717) is 6.61 Å². The lowest BCUT2D eigenvalue weighted by Gasteiger charge is -2.11. The summed E-state index contributed by atoms with van der Waals surface area (Å²) in [5, 5.41) is 17.5. The first-order valence-corrected chi connectivity index (χ1v) is 7.08. The minimum absolute atomic E-state index is 0.0291. The molecule has 0 aromatic carbocycles. The van der Waals surface area contributed by atoms with Crippen molar-refractivity contribution in [3.8, 4) is 0 Å². The summed E-state index contributed by atoms with van der Waals surface area (Å²) in [5.41, 5.74) is 0. The van der Waals surface area contributed by atoms with Crippen molar-refractivity contribution in [3.63, 3.8) is 0 Å². The molecule has 1 unspecified atom stereocenters. The number of rotatable bonds is 12. The Balaban J connectivity index is 3.54. The standard InChI is InChI=1S/C14H26O5/c1-2-3-4-5-6-7-8-19-14(18)10-12(11-15)9-13(16)17/h12,15H,2-11H2,1H3,(H,16,17). The third kappa shape index (κ3) is 11.7. The van der Waals surface area contributed by atoms with E-state index >= 15 is 0 Å². The van der Waals surface area contributed by atoms with E-state index in [9.17, 15) is 9.59 Å². The lowest BCUT2D eigenvalue weighted by molar-refractivity contribution is -0.146. The molecule has 0 aliphatic heterocycles. The van der Waals surface area contributed by atoms with Crippen molar-refractivity contribution in [1.82, 2.24) is 0 Å². The number of carboxylic acids is 1. The first kappa shape index (κ1) is 17.9. The lowest BCUT2D eigenvalue weighted by atomic mass is 10.0. The molecule has 0 aliphatic carbocycles. The molecule has 19 heavy (non-hydrogen) atoms. The van der Waals surface area contributed by atoms with Gasteiger partial charge >= 0.3 is 11.9 Å². The molecule has 0 saturated heterocycles. The van der Waals surface area contributed by atoms with Crippen molar-refractivity contribution in [2.75, 3.05) is 13.2 Å². The highest BCUT2D eigenvalue weighted by Gasteiger charge is 2.17. The van der Waals surface area contributed by atoms with Gasteiger partial charge in [0, 0.05) is 12.5 Å². The largest absolute Gasteiger partial charge is 0.481 e. The first-order valence-electron chi connectivity index (χ1n) is 7.08. The zero-order valence-corrected chi connectivity index (χ0v) is 11.8. The molecular weight excluding hydrogens is 248 g/mol. The quantitative estimate of drug-likeness (QED) is 0.421. The van der Waals surface area contributed by atoms with Crippen LogP contribution in [0.15, 0.2) is 0 Å². The van der Waals surface area contributed by atoms with Crippen molar-refractivity contribution in [3.05, 3.63) is 0 Å². The Hall–Kier alpha value is -1.10. The van der Waals surface area contributed by atoms with Gasteiger partial charge in [0.25, 0.3) is 0 Å². The van der Waals surface area contributed by atoms with E-state index in [0.717, 1.165) is 19.3 Å². The molecule has 0 aromatic rings. The summed E-state index contributed by atoms with van der Waals surface area (Å²) in [6.45, 7) is 2.24. The van der Waals surface area contributed by atoms with Crippen LogP contribution in [-0.2, 0) is 14.3 Å². The predicted octanol–water partition coefficient (Wildman–Crippen LogP) is 2.36. The average molecular weight is 274 g/mol. The SMILES string of the molecule is CCCCCCCCOC(=O)CC(CO)CC(=O)O. The fourth-order valence-electron chi connectivity index (χ4n) is 1.81. The molecule has 0 aliphatic rings. The molecule has 2 N–H and O–H groups in total. The number of aliphatic hydroxyl groups excluding tert-OH is 1. The first-order chi connectivity index (χ1) is 9.10. The molecule has 5 nitrogen and oxygen atoms in total. The van der Waals surface area contributed by atoms with Gasteiger partial charge in [0.2, 0.25) is 0 Å². The Morgan fingerprint density at radius 2 is 1.68 bits per heavy atom. The number of carbonyl (C=O) groups excluding carboxylic acids is 1. The lowest BCUT2D eigenvalue weighted by Crippen LogP contribution is -2.18. The molecule has 0 spiro atoms. The fraction of sp³-hybridized carbons (Fsp3) is 0.857. The molecule has 0 saturated carbocycles. The summed E-state index contributed by atoms with van der Waals surface area (Å²) in [6.07, 6.45) is 6.48. The number of unbranched alkanes of at least 4 members (excludes halogenated alkanes) is 5. The third-order valence-corrected chi connectivity index (χ3v) is 2.94. The average Bonchev–Trinajstić information content (AvgIpc) is 2.36. The highest BCUT2D eigenvalue weighted by molar-refractivity contribution is 5.72. The van der Waals surface area contributed by atoms with Gasteiger partial charge in [0.15, 0.2) is 0 Å². The number of ether oxygens (including phenoxy) is 1. The van der Waals surface area contributed by atoms with Crippen molar-refractivity contribution in [1.29, 1.82) is 0 Å². The second-order valence-electron chi connectivity index (χ2n) is 4.84. The van der Waals surface area contributed by atoms with Gasteiger partial charge < -0.3 is 14.9 Å². The molecule has 1 atom stereocenters. The monoisotopic (exact) mass is 274 g/mol. The van der Waals surface area contributed by atoms with Crippen LogP contribution in [0.5, 0.6) is 0 Å². The van der Waals surface area contributed by atoms with E-state index in [4.69, 9.17) is 14.9 Å². The van der Waals surface area contributed by atoms with Crippen molar-refractivity contribution in [2.24, 2.45) is 5.92 Å². The van der Waals surface area contributed by atoms with Gasteiger partial charge in [0.05, 0.1) is 19.4 Å². The summed E-state index contributed by atoms with van der Waals surface area (Å²) in [5.74, 6) is -1.98. The maximum absolute atomic E-state index is 11.4. The summed E-state index contributed by atoms with van der Waals surface area (Å²) in [4.78, 5) is 21.9. The number of hydrogen-bond donors (Lipinski definition) is 2.